The van der Waals surface area contributed by atoms with Crippen LogP contribution in [0.2, 0.25) is 0 Å². The minimum atomic E-state index is 0.225. The monoisotopic (exact) mass is 237 g/mol. The number of amides is 1. The molecule has 2 heterocycles. The Balaban J connectivity index is 2.11. The Labute approximate surface area is 101 Å². The van der Waals surface area contributed by atoms with Crippen LogP contribution in [0.5, 0.6) is 0 Å². The first-order valence-electron chi connectivity index (χ1n) is 6.10. The van der Waals surface area contributed by atoms with Crippen LogP contribution in [0.15, 0.2) is 11.4 Å². The van der Waals surface area contributed by atoms with Crippen molar-refractivity contribution in [3.8, 4) is 0 Å². The topological polar surface area (TPSA) is 20.3 Å². The molecule has 1 atom stereocenters. The molecular formula is C13H19NOS. The smallest absolute Gasteiger partial charge is 0.254 e. The molecule has 0 bridgehead atoms. The fraction of sp³-hybridized carbons (Fsp3) is 0.615. The summed E-state index contributed by atoms with van der Waals surface area (Å²) >= 11 is 1.70. The summed E-state index contributed by atoms with van der Waals surface area (Å²) in [5, 5.41) is 2.00. The van der Waals surface area contributed by atoms with E-state index in [1.54, 1.807) is 11.3 Å². The van der Waals surface area contributed by atoms with Crippen molar-refractivity contribution in [2.75, 3.05) is 6.54 Å². The lowest BCUT2D eigenvalue weighted by atomic mass is 10.0. The lowest BCUT2D eigenvalue weighted by Gasteiger charge is -2.33. The largest absolute Gasteiger partial charge is 0.336 e. The minimum absolute atomic E-state index is 0.225. The van der Waals surface area contributed by atoms with E-state index < -0.39 is 0 Å². The average Bonchev–Trinajstić information content (AvgIpc) is 2.77. The third-order valence-corrected chi connectivity index (χ3v) is 4.39. The molecule has 1 aliphatic rings. The first kappa shape index (κ1) is 11.6. The fourth-order valence-electron chi connectivity index (χ4n) is 2.24. The Morgan fingerprint density at radius 3 is 3.00 bits per heavy atom. The summed E-state index contributed by atoms with van der Waals surface area (Å²) in [4.78, 5) is 15.6. The van der Waals surface area contributed by atoms with E-state index in [9.17, 15) is 4.79 Å². The summed E-state index contributed by atoms with van der Waals surface area (Å²) in [6.45, 7) is 5.21. The van der Waals surface area contributed by atoms with E-state index in [-0.39, 0.29) is 5.91 Å². The molecule has 1 fully saturated rings. The highest BCUT2D eigenvalue weighted by Crippen LogP contribution is 2.22. The maximum atomic E-state index is 12.3. The summed E-state index contributed by atoms with van der Waals surface area (Å²) in [7, 11) is 0. The van der Waals surface area contributed by atoms with Gasteiger partial charge in [0.1, 0.15) is 0 Å². The van der Waals surface area contributed by atoms with Crippen molar-refractivity contribution in [1.29, 1.82) is 0 Å². The number of carbonyl (C=O) groups is 1. The van der Waals surface area contributed by atoms with Gasteiger partial charge in [-0.1, -0.05) is 6.92 Å². The van der Waals surface area contributed by atoms with Crippen molar-refractivity contribution in [1.82, 2.24) is 4.90 Å². The molecule has 0 spiro atoms. The predicted molar refractivity (Wildman–Crippen MR) is 68.0 cm³/mol. The standard InChI is InChI=1S/C13H19NOS/c1-3-12-8-11(9-16-12)13(15)14-7-5-4-6-10(14)2/h8-10H,3-7H2,1-2H3/t10-/m0/s1. The zero-order valence-corrected chi connectivity index (χ0v) is 10.8. The molecule has 1 amide bonds. The number of piperidine rings is 1. The minimum Gasteiger partial charge on any atom is -0.336 e. The lowest BCUT2D eigenvalue weighted by Crippen LogP contribution is -2.41. The lowest BCUT2D eigenvalue weighted by molar-refractivity contribution is 0.0636. The van der Waals surface area contributed by atoms with E-state index in [0.29, 0.717) is 6.04 Å². The molecule has 0 saturated carbocycles. The molecule has 0 aromatic carbocycles. The van der Waals surface area contributed by atoms with Gasteiger partial charge in [-0.15, -0.1) is 11.3 Å². The highest BCUT2D eigenvalue weighted by atomic mass is 32.1. The van der Waals surface area contributed by atoms with Gasteiger partial charge in [0.05, 0.1) is 5.56 Å². The van der Waals surface area contributed by atoms with Crippen molar-refractivity contribution < 1.29 is 4.79 Å². The number of nitrogens with zero attached hydrogens (tertiary/aromatic N) is 1. The zero-order chi connectivity index (χ0) is 11.5. The molecule has 88 valence electrons. The van der Waals surface area contributed by atoms with E-state index in [4.69, 9.17) is 0 Å². The molecule has 1 aromatic heterocycles. The van der Waals surface area contributed by atoms with Crippen LogP contribution in [0, 0.1) is 0 Å². The van der Waals surface area contributed by atoms with E-state index in [2.05, 4.69) is 13.8 Å². The first-order chi connectivity index (χ1) is 7.72. The quantitative estimate of drug-likeness (QED) is 0.772. The number of carbonyl (C=O) groups excluding carboxylic acids is 1. The summed E-state index contributed by atoms with van der Waals surface area (Å²) in [6.07, 6.45) is 4.58. The van der Waals surface area contributed by atoms with Crippen LogP contribution in [-0.2, 0) is 6.42 Å². The zero-order valence-electron chi connectivity index (χ0n) is 10.0. The van der Waals surface area contributed by atoms with Gasteiger partial charge in [-0.05, 0) is 38.7 Å². The number of hydrogen-bond donors (Lipinski definition) is 0. The van der Waals surface area contributed by atoms with Crippen molar-refractivity contribution in [2.24, 2.45) is 0 Å². The highest BCUT2D eigenvalue weighted by Gasteiger charge is 2.24. The number of rotatable bonds is 2. The van der Waals surface area contributed by atoms with Crippen molar-refractivity contribution in [2.45, 2.75) is 45.6 Å². The van der Waals surface area contributed by atoms with E-state index in [1.165, 1.54) is 11.3 Å². The average molecular weight is 237 g/mol. The third kappa shape index (κ3) is 2.29. The van der Waals surface area contributed by atoms with Crippen molar-refractivity contribution in [3.05, 3.63) is 21.9 Å². The SMILES string of the molecule is CCc1cc(C(=O)N2CCCC[C@@H]2C)cs1. The molecule has 2 rings (SSSR count). The van der Waals surface area contributed by atoms with Crippen LogP contribution in [0.25, 0.3) is 0 Å². The predicted octanol–water partition coefficient (Wildman–Crippen LogP) is 3.33. The van der Waals surface area contributed by atoms with Crippen molar-refractivity contribution >= 4 is 17.2 Å². The summed E-state index contributed by atoms with van der Waals surface area (Å²) in [5.41, 5.74) is 0.885. The molecule has 1 saturated heterocycles. The molecule has 3 heteroatoms. The van der Waals surface area contributed by atoms with E-state index in [0.717, 1.165) is 31.4 Å². The molecule has 0 radical (unpaired) electrons. The highest BCUT2D eigenvalue weighted by molar-refractivity contribution is 7.10. The Morgan fingerprint density at radius 2 is 2.38 bits per heavy atom. The molecule has 0 N–H and O–H groups in total. The normalized spacial score (nSPS) is 21.1. The third-order valence-electron chi connectivity index (χ3n) is 3.31. The van der Waals surface area contributed by atoms with Gasteiger partial charge in [0.15, 0.2) is 0 Å². The molecular weight excluding hydrogens is 218 g/mol. The van der Waals surface area contributed by atoms with Gasteiger partial charge in [-0.3, -0.25) is 4.79 Å². The van der Waals surface area contributed by atoms with Gasteiger partial charge in [0.2, 0.25) is 0 Å². The first-order valence-corrected chi connectivity index (χ1v) is 6.98. The van der Waals surface area contributed by atoms with Crippen LogP contribution in [0.1, 0.15) is 48.3 Å². The van der Waals surface area contributed by atoms with Crippen LogP contribution in [-0.4, -0.2) is 23.4 Å². The number of hydrogen-bond acceptors (Lipinski definition) is 2. The van der Waals surface area contributed by atoms with Crippen LogP contribution < -0.4 is 0 Å². The number of aryl methyl sites for hydroxylation is 1. The molecule has 1 aliphatic heterocycles. The van der Waals surface area contributed by atoms with Crippen LogP contribution in [0.3, 0.4) is 0 Å². The van der Waals surface area contributed by atoms with Gasteiger partial charge < -0.3 is 4.90 Å². The van der Waals surface area contributed by atoms with Crippen LogP contribution >= 0.6 is 11.3 Å². The maximum absolute atomic E-state index is 12.3. The molecule has 1 aromatic rings. The van der Waals surface area contributed by atoms with E-state index >= 15 is 0 Å². The fourth-order valence-corrected chi connectivity index (χ4v) is 3.05. The second kappa shape index (κ2) is 5.00. The van der Waals surface area contributed by atoms with Gasteiger partial charge >= 0.3 is 0 Å². The summed E-state index contributed by atoms with van der Waals surface area (Å²) in [6, 6.07) is 2.46. The number of likely N-dealkylation sites (tertiary alicyclic amines) is 1. The molecule has 0 unspecified atom stereocenters. The van der Waals surface area contributed by atoms with E-state index in [1.807, 2.05) is 16.3 Å². The molecule has 2 nitrogen and oxygen atoms in total. The van der Waals surface area contributed by atoms with Gasteiger partial charge in [0.25, 0.3) is 5.91 Å². The Morgan fingerprint density at radius 1 is 1.56 bits per heavy atom. The van der Waals surface area contributed by atoms with Gasteiger partial charge in [0, 0.05) is 22.8 Å². The summed E-state index contributed by atoms with van der Waals surface area (Å²) < 4.78 is 0. The maximum Gasteiger partial charge on any atom is 0.254 e. The second-order valence-corrected chi connectivity index (χ2v) is 5.49. The van der Waals surface area contributed by atoms with Crippen LogP contribution in [0.4, 0.5) is 0 Å². The Hall–Kier alpha value is -0.830. The molecule has 16 heavy (non-hydrogen) atoms. The van der Waals surface area contributed by atoms with Crippen molar-refractivity contribution in [3.63, 3.8) is 0 Å². The van der Waals surface area contributed by atoms with Gasteiger partial charge in [-0.25, -0.2) is 0 Å². The molecule has 0 aliphatic carbocycles. The number of thiophene rings is 1. The Kier molecular flexibility index (Phi) is 3.64. The summed E-state index contributed by atoms with van der Waals surface area (Å²) in [5.74, 6) is 0.225. The Bertz CT molecular complexity index is 372. The second-order valence-electron chi connectivity index (χ2n) is 4.50. The van der Waals surface area contributed by atoms with Gasteiger partial charge in [-0.2, -0.15) is 0 Å².